The molecule has 30 heavy (non-hydrogen) atoms. The molecule has 0 unspecified atom stereocenters. The first kappa shape index (κ1) is 23.3. The van der Waals surface area contributed by atoms with Gasteiger partial charge in [0.2, 0.25) is 0 Å². The number of aryl methyl sites for hydroxylation is 1. The van der Waals surface area contributed by atoms with E-state index in [1.54, 1.807) is 36.6 Å². The fourth-order valence-corrected chi connectivity index (χ4v) is 3.43. The number of carboxylic acids is 1. The third-order valence-corrected chi connectivity index (χ3v) is 5.08. The summed E-state index contributed by atoms with van der Waals surface area (Å²) >= 11 is 0. The van der Waals surface area contributed by atoms with Gasteiger partial charge in [0, 0.05) is 5.69 Å². The Morgan fingerprint density at radius 1 is 1.17 bits per heavy atom. The summed E-state index contributed by atoms with van der Waals surface area (Å²) in [7, 11) is 0. The van der Waals surface area contributed by atoms with Crippen molar-refractivity contribution in [3.63, 3.8) is 0 Å². The molecule has 0 fully saturated rings. The number of aliphatic carboxylic acids is 1. The van der Waals surface area contributed by atoms with Gasteiger partial charge in [-0.25, -0.2) is 9.18 Å². The molecule has 1 aromatic carbocycles. The Morgan fingerprint density at radius 2 is 1.80 bits per heavy atom. The number of benzene rings is 1. The van der Waals surface area contributed by atoms with Gasteiger partial charge in [-0.3, -0.25) is 9.59 Å². The first-order chi connectivity index (χ1) is 14.2. The molecule has 1 atom stereocenters. The summed E-state index contributed by atoms with van der Waals surface area (Å²) in [5, 5.41) is 11.8. The molecule has 6 nitrogen and oxygen atoms in total. The van der Waals surface area contributed by atoms with Gasteiger partial charge in [0.15, 0.2) is 0 Å². The molecule has 2 N–H and O–H groups in total. The first-order valence-electron chi connectivity index (χ1n) is 10.2. The largest absolute Gasteiger partial charge is 0.480 e. The molecule has 0 aliphatic carbocycles. The first-order valence-corrected chi connectivity index (χ1v) is 10.2. The van der Waals surface area contributed by atoms with Gasteiger partial charge < -0.3 is 15.0 Å². The summed E-state index contributed by atoms with van der Waals surface area (Å²) < 4.78 is 14.8. The molecule has 0 saturated carbocycles. The van der Waals surface area contributed by atoms with Crippen LogP contribution in [0, 0.1) is 11.7 Å². The number of halogens is 1. The number of aromatic nitrogens is 1. The fraction of sp³-hybridized carbons (Fsp3) is 0.435. The van der Waals surface area contributed by atoms with Crippen LogP contribution in [0.5, 0.6) is 0 Å². The summed E-state index contributed by atoms with van der Waals surface area (Å²) in [6.45, 7) is 7.53. The van der Waals surface area contributed by atoms with Gasteiger partial charge in [0.05, 0.1) is 6.54 Å². The predicted octanol–water partition coefficient (Wildman–Crippen LogP) is 3.39. The highest BCUT2D eigenvalue weighted by Gasteiger charge is 2.26. The summed E-state index contributed by atoms with van der Waals surface area (Å²) in [4.78, 5) is 37.5. The van der Waals surface area contributed by atoms with Gasteiger partial charge in [0.25, 0.3) is 11.5 Å². The van der Waals surface area contributed by atoms with Crippen LogP contribution in [0.25, 0.3) is 0 Å². The lowest BCUT2D eigenvalue weighted by Gasteiger charge is -2.21. The molecular weight excluding hydrogens is 387 g/mol. The number of carbonyl (C=O) groups is 2. The normalized spacial score (nSPS) is 12.1. The van der Waals surface area contributed by atoms with E-state index < -0.39 is 23.5 Å². The Bertz CT molecular complexity index is 964. The second kappa shape index (κ2) is 10.2. The van der Waals surface area contributed by atoms with Crippen molar-refractivity contribution in [3.05, 3.63) is 68.9 Å². The number of carboxylic acid groups (broad SMARTS) is 1. The number of pyridine rings is 1. The van der Waals surface area contributed by atoms with Crippen LogP contribution < -0.4 is 10.9 Å². The lowest BCUT2D eigenvalue weighted by molar-refractivity contribution is -0.140. The molecule has 2 aromatic rings. The quantitative estimate of drug-likeness (QED) is 0.656. The monoisotopic (exact) mass is 416 g/mol. The maximum Gasteiger partial charge on any atom is 0.326 e. The average Bonchev–Trinajstić information content (AvgIpc) is 2.70. The fourth-order valence-electron chi connectivity index (χ4n) is 3.43. The Balaban J connectivity index is 2.56. The number of nitrogens with one attached hydrogen (secondary N) is 1. The van der Waals surface area contributed by atoms with Crippen molar-refractivity contribution in [2.45, 2.75) is 59.5 Å². The minimum atomic E-state index is -1.15. The highest BCUT2D eigenvalue weighted by molar-refractivity contribution is 5.96. The van der Waals surface area contributed by atoms with Gasteiger partial charge in [0.1, 0.15) is 17.4 Å². The van der Waals surface area contributed by atoms with Crippen LogP contribution in [0.1, 0.15) is 61.3 Å². The van der Waals surface area contributed by atoms with Crippen molar-refractivity contribution in [2.24, 2.45) is 5.92 Å². The van der Waals surface area contributed by atoms with Crippen LogP contribution in [0.2, 0.25) is 0 Å². The molecular formula is C23H29FN2O4. The predicted molar refractivity (Wildman–Crippen MR) is 113 cm³/mol. The van der Waals surface area contributed by atoms with E-state index in [9.17, 15) is 23.9 Å². The van der Waals surface area contributed by atoms with E-state index in [1.807, 2.05) is 13.8 Å². The maximum atomic E-state index is 13.3. The molecule has 1 aromatic heterocycles. The zero-order valence-corrected chi connectivity index (χ0v) is 17.9. The number of amides is 1. The van der Waals surface area contributed by atoms with Crippen LogP contribution in [0.3, 0.4) is 0 Å². The zero-order chi connectivity index (χ0) is 22.4. The molecule has 0 radical (unpaired) electrons. The van der Waals surface area contributed by atoms with Crippen LogP contribution >= 0.6 is 0 Å². The topological polar surface area (TPSA) is 88.4 Å². The van der Waals surface area contributed by atoms with Crippen molar-refractivity contribution < 1.29 is 19.1 Å². The summed E-state index contributed by atoms with van der Waals surface area (Å²) in [5.74, 6) is -2.55. The van der Waals surface area contributed by atoms with E-state index in [4.69, 9.17) is 0 Å². The molecule has 0 bridgehead atoms. The lowest BCUT2D eigenvalue weighted by atomic mass is 10.0. The van der Waals surface area contributed by atoms with E-state index in [1.165, 1.54) is 12.1 Å². The van der Waals surface area contributed by atoms with Crippen molar-refractivity contribution in [1.82, 2.24) is 9.88 Å². The van der Waals surface area contributed by atoms with Gasteiger partial charge in [-0.05, 0) is 48.1 Å². The second-order valence-electron chi connectivity index (χ2n) is 7.68. The van der Waals surface area contributed by atoms with E-state index >= 15 is 0 Å². The molecule has 0 saturated heterocycles. The Hall–Kier alpha value is -2.96. The zero-order valence-electron chi connectivity index (χ0n) is 17.9. The molecule has 0 aliphatic heterocycles. The molecule has 162 valence electrons. The van der Waals surface area contributed by atoms with Crippen LogP contribution in [-0.2, 0) is 24.2 Å². The van der Waals surface area contributed by atoms with Crippen molar-refractivity contribution in [3.8, 4) is 0 Å². The average molecular weight is 416 g/mol. The maximum absolute atomic E-state index is 13.3. The third-order valence-electron chi connectivity index (χ3n) is 5.08. The van der Waals surface area contributed by atoms with Crippen molar-refractivity contribution in [1.29, 1.82) is 0 Å². The number of hydrogen-bond donors (Lipinski definition) is 2. The summed E-state index contributed by atoms with van der Waals surface area (Å²) in [5.41, 5.74) is 1.87. The minimum Gasteiger partial charge on any atom is -0.480 e. The molecule has 7 heteroatoms. The van der Waals surface area contributed by atoms with Gasteiger partial charge >= 0.3 is 5.97 Å². The Labute approximate surface area is 175 Å². The van der Waals surface area contributed by atoms with Crippen LogP contribution in [0.15, 0.2) is 35.1 Å². The van der Waals surface area contributed by atoms with E-state index in [-0.39, 0.29) is 23.8 Å². The minimum absolute atomic E-state index is 0.0827. The highest BCUT2D eigenvalue weighted by Crippen LogP contribution is 2.16. The van der Waals surface area contributed by atoms with Crippen molar-refractivity contribution >= 4 is 11.9 Å². The molecule has 2 rings (SSSR count). The molecule has 0 aliphatic rings. The molecule has 1 amide bonds. The smallest absolute Gasteiger partial charge is 0.326 e. The van der Waals surface area contributed by atoms with E-state index in [0.29, 0.717) is 12.8 Å². The number of hydrogen-bond acceptors (Lipinski definition) is 3. The number of carbonyl (C=O) groups excluding carboxylic acids is 1. The van der Waals surface area contributed by atoms with Gasteiger partial charge in [-0.2, -0.15) is 0 Å². The summed E-state index contributed by atoms with van der Waals surface area (Å²) in [6, 6.07) is 6.35. The second-order valence-corrected chi connectivity index (χ2v) is 7.68. The standard InChI is InChI=1S/C23H29FN2O4/c1-5-7-19-16(6-2)12-18(21(27)25-20(14(3)4)23(29)30)22(28)26(19)13-15-8-10-17(24)11-9-15/h8-12,14,20H,5-7,13H2,1-4H3,(H,25,27)(H,29,30)/t20-/m0/s1. The SMILES string of the molecule is CCCc1c(CC)cc(C(=O)N[C@H](C(=O)O)C(C)C)c(=O)n1Cc1ccc(F)cc1. The number of rotatable bonds is 9. The molecule has 0 spiro atoms. The third kappa shape index (κ3) is 5.34. The molecule has 1 heterocycles. The van der Waals surface area contributed by atoms with Gasteiger partial charge in [-0.15, -0.1) is 0 Å². The van der Waals surface area contributed by atoms with Crippen LogP contribution in [0.4, 0.5) is 4.39 Å². The van der Waals surface area contributed by atoms with Gasteiger partial charge in [-0.1, -0.05) is 46.2 Å². The summed E-state index contributed by atoms with van der Waals surface area (Å²) in [6.07, 6.45) is 2.09. The lowest BCUT2D eigenvalue weighted by Crippen LogP contribution is -2.46. The van der Waals surface area contributed by atoms with Crippen LogP contribution in [-0.4, -0.2) is 27.6 Å². The van der Waals surface area contributed by atoms with Crippen molar-refractivity contribution in [2.75, 3.05) is 0 Å². The Morgan fingerprint density at radius 3 is 2.30 bits per heavy atom. The van der Waals surface area contributed by atoms with E-state index in [2.05, 4.69) is 5.32 Å². The van der Waals surface area contributed by atoms with E-state index in [0.717, 1.165) is 23.2 Å². The number of nitrogens with zero attached hydrogens (tertiary/aromatic N) is 1. The highest BCUT2D eigenvalue weighted by atomic mass is 19.1. The Kier molecular flexibility index (Phi) is 7.92.